The largest absolute Gasteiger partial charge is 0.416 e. The molecule has 0 spiro atoms. The lowest BCUT2D eigenvalue weighted by molar-refractivity contribution is -0.137. The summed E-state index contributed by atoms with van der Waals surface area (Å²) in [5, 5.41) is 1.00. The molecule has 1 heterocycles. The molecule has 3 nitrogen and oxygen atoms in total. The van der Waals surface area contributed by atoms with Gasteiger partial charge in [0, 0.05) is 29.0 Å². The number of rotatable bonds is 7. The van der Waals surface area contributed by atoms with Crippen molar-refractivity contribution >= 4 is 23.2 Å². The van der Waals surface area contributed by atoms with E-state index in [2.05, 4.69) is 4.98 Å². The number of imidazole rings is 1. The molecule has 0 saturated carbocycles. The Morgan fingerprint density at radius 1 is 1.07 bits per heavy atom. The highest BCUT2D eigenvalue weighted by Crippen LogP contribution is 2.32. The molecule has 0 amide bonds. The third-order valence-corrected chi connectivity index (χ3v) is 4.81. The number of hydrogen-bond donors (Lipinski definition) is 0. The van der Waals surface area contributed by atoms with Gasteiger partial charge in [-0.2, -0.15) is 13.2 Å². The van der Waals surface area contributed by atoms with Crippen molar-refractivity contribution < 1.29 is 17.9 Å². The fourth-order valence-corrected chi connectivity index (χ4v) is 3.29. The third kappa shape index (κ3) is 5.50. The average molecular weight is 429 g/mol. The van der Waals surface area contributed by atoms with Crippen molar-refractivity contribution in [1.29, 1.82) is 0 Å². The van der Waals surface area contributed by atoms with E-state index in [1.165, 1.54) is 12.1 Å². The summed E-state index contributed by atoms with van der Waals surface area (Å²) in [6.45, 7) is 0.808. The molecule has 0 N–H and O–H groups in total. The van der Waals surface area contributed by atoms with Crippen LogP contribution in [-0.2, 0) is 24.1 Å². The van der Waals surface area contributed by atoms with Crippen LogP contribution in [0, 0.1) is 0 Å². The van der Waals surface area contributed by atoms with E-state index in [1.54, 1.807) is 30.7 Å². The highest BCUT2D eigenvalue weighted by Gasteiger charge is 2.30. The number of ether oxygens (including phenoxy) is 1. The van der Waals surface area contributed by atoms with Gasteiger partial charge in [0.2, 0.25) is 0 Å². The molecule has 0 bridgehead atoms. The van der Waals surface area contributed by atoms with Crippen LogP contribution in [-0.4, -0.2) is 9.55 Å². The van der Waals surface area contributed by atoms with Crippen molar-refractivity contribution in [3.05, 3.63) is 87.9 Å². The summed E-state index contributed by atoms with van der Waals surface area (Å²) in [5.41, 5.74) is 0.734. The number of aryl methyl sites for hydroxylation is 1. The number of alkyl halides is 3. The van der Waals surface area contributed by atoms with Gasteiger partial charge in [0.05, 0.1) is 24.6 Å². The highest BCUT2D eigenvalue weighted by molar-refractivity contribution is 6.35. The molecular formula is C20H17Cl2F3N2O. The van der Waals surface area contributed by atoms with Crippen molar-refractivity contribution in [3.8, 4) is 0 Å². The predicted octanol–water partition coefficient (Wildman–Crippen LogP) is 6.56. The summed E-state index contributed by atoms with van der Waals surface area (Å²) in [5.74, 6) is 0. The molecule has 148 valence electrons. The first-order valence-corrected chi connectivity index (χ1v) is 9.27. The van der Waals surface area contributed by atoms with Crippen LogP contribution in [0.4, 0.5) is 13.2 Å². The molecule has 1 unspecified atom stereocenters. The van der Waals surface area contributed by atoms with E-state index >= 15 is 0 Å². The second kappa shape index (κ2) is 8.99. The quantitative estimate of drug-likeness (QED) is 0.426. The van der Waals surface area contributed by atoms with E-state index in [0.717, 1.165) is 17.7 Å². The summed E-state index contributed by atoms with van der Waals surface area (Å²) in [7, 11) is 0. The zero-order chi connectivity index (χ0) is 20.1. The zero-order valence-corrected chi connectivity index (χ0v) is 16.2. The lowest BCUT2D eigenvalue weighted by Gasteiger charge is -2.20. The van der Waals surface area contributed by atoms with Crippen molar-refractivity contribution in [2.24, 2.45) is 0 Å². The zero-order valence-electron chi connectivity index (χ0n) is 14.7. The summed E-state index contributed by atoms with van der Waals surface area (Å²) in [6, 6.07) is 10.1. The summed E-state index contributed by atoms with van der Waals surface area (Å²) < 4.78 is 46.0. The average Bonchev–Trinajstić information content (AvgIpc) is 3.16. The van der Waals surface area contributed by atoms with Crippen LogP contribution < -0.4 is 0 Å². The Bertz CT molecular complexity index is 897. The summed E-state index contributed by atoms with van der Waals surface area (Å²) >= 11 is 12.3. The van der Waals surface area contributed by atoms with Crippen LogP contribution in [0.2, 0.25) is 10.0 Å². The SMILES string of the molecule is FC(F)(F)c1ccc(COC(CCn2ccnc2)c2ccc(Cl)cc2Cl)cc1. The fraction of sp³-hybridized carbons (Fsp3) is 0.250. The number of aromatic nitrogens is 2. The minimum absolute atomic E-state index is 0.158. The van der Waals surface area contributed by atoms with E-state index in [-0.39, 0.29) is 12.7 Å². The maximum atomic E-state index is 12.7. The topological polar surface area (TPSA) is 27.1 Å². The van der Waals surface area contributed by atoms with Gasteiger partial charge in [0.15, 0.2) is 0 Å². The lowest BCUT2D eigenvalue weighted by Crippen LogP contribution is -2.10. The first kappa shape index (κ1) is 20.7. The van der Waals surface area contributed by atoms with Crippen molar-refractivity contribution in [3.63, 3.8) is 0 Å². The van der Waals surface area contributed by atoms with E-state index in [1.807, 2.05) is 10.8 Å². The van der Waals surface area contributed by atoms with Gasteiger partial charge in [-0.15, -0.1) is 0 Å². The van der Waals surface area contributed by atoms with Gasteiger partial charge >= 0.3 is 6.18 Å². The normalized spacial score (nSPS) is 12.9. The molecular weight excluding hydrogens is 412 g/mol. The van der Waals surface area contributed by atoms with Crippen LogP contribution in [0.15, 0.2) is 61.2 Å². The Kier molecular flexibility index (Phi) is 6.65. The molecule has 0 aliphatic carbocycles. The molecule has 28 heavy (non-hydrogen) atoms. The fourth-order valence-electron chi connectivity index (χ4n) is 2.76. The molecule has 3 rings (SSSR count). The number of benzene rings is 2. The van der Waals surface area contributed by atoms with E-state index in [0.29, 0.717) is 28.6 Å². The highest BCUT2D eigenvalue weighted by atomic mass is 35.5. The smallest absolute Gasteiger partial charge is 0.369 e. The molecule has 0 radical (unpaired) electrons. The van der Waals surface area contributed by atoms with Crippen LogP contribution >= 0.6 is 23.2 Å². The maximum Gasteiger partial charge on any atom is 0.416 e. The maximum absolute atomic E-state index is 12.7. The summed E-state index contributed by atoms with van der Waals surface area (Å²) in [4.78, 5) is 4.01. The van der Waals surface area contributed by atoms with E-state index in [4.69, 9.17) is 27.9 Å². The molecule has 2 aromatic carbocycles. The standard InChI is InChI=1S/C20H17Cl2F3N2O/c21-16-5-6-17(18(22)11-16)19(7-9-27-10-8-26-13-27)28-12-14-1-3-15(4-2-14)20(23,24)25/h1-6,8,10-11,13,19H,7,9,12H2. The second-order valence-electron chi connectivity index (χ2n) is 6.25. The number of halogens is 5. The minimum atomic E-state index is -4.36. The molecule has 3 aromatic rings. The van der Waals surface area contributed by atoms with Crippen LogP contribution in [0.25, 0.3) is 0 Å². The van der Waals surface area contributed by atoms with Crippen molar-refractivity contribution in [2.75, 3.05) is 0 Å². The second-order valence-corrected chi connectivity index (χ2v) is 7.09. The van der Waals surface area contributed by atoms with Crippen LogP contribution in [0.5, 0.6) is 0 Å². The first-order chi connectivity index (χ1) is 13.3. The van der Waals surface area contributed by atoms with Gasteiger partial charge in [-0.05, 0) is 41.8 Å². The van der Waals surface area contributed by atoms with Gasteiger partial charge < -0.3 is 9.30 Å². The van der Waals surface area contributed by atoms with E-state index in [9.17, 15) is 13.2 Å². The Balaban J connectivity index is 1.73. The Morgan fingerprint density at radius 3 is 2.43 bits per heavy atom. The molecule has 0 fully saturated rings. The van der Waals surface area contributed by atoms with Crippen molar-refractivity contribution in [2.45, 2.75) is 31.9 Å². The van der Waals surface area contributed by atoms with Gasteiger partial charge in [-0.1, -0.05) is 41.4 Å². The van der Waals surface area contributed by atoms with E-state index < -0.39 is 11.7 Å². The molecule has 8 heteroatoms. The van der Waals surface area contributed by atoms with Crippen LogP contribution in [0.1, 0.15) is 29.2 Å². The van der Waals surface area contributed by atoms with Gasteiger partial charge in [0.25, 0.3) is 0 Å². The third-order valence-electron chi connectivity index (χ3n) is 4.25. The summed E-state index contributed by atoms with van der Waals surface area (Å²) in [6.07, 6.45) is 1.14. The number of hydrogen-bond acceptors (Lipinski definition) is 2. The minimum Gasteiger partial charge on any atom is -0.369 e. The predicted molar refractivity (Wildman–Crippen MR) is 102 cm³/mol. The molecule has 0 saturated heterocycles. The lowest BCUT2D eigenvalue weighted by atomic mass is 10.1. The Morgan fingerprint density at radius 2 is 1.82 bits per heavy atom. The molecule has 1 aromatic heterocycles. The first-order valence-electron chi connectivity index (χ1n) is 8.51. The van der Waals surface area contributed by atoms with Gasteiger partial charge in [-0.25, -0.2) is 4.98 Å². The van der Waals surface area contributed by atoms with Gasteiger partial charge in [0.1, 0.15) is 0 Å². The van der Waals surface area contributed by atoms with Crippen molar-refractivity contribution in [1.82, 2.24) is 9.55 Å². The molecule has 0 aliphatic rings. The molecule has 0 aliphatic heterocycles. The number of nitrogens with zero attached hydrogens (tertiary/aromatic N) is 2. The monoisotopic (exact) mass is 428 g/mol. The van der Waals surface area contributed by atoms with Gasteiger partial charge in [-0.3, -0.25) is 0 Å². The van der Waals surface area contributed by atoms with Crippen LogP contribution in [0.3, 0.4) is 0 Å². The Hall–Kier alpha value is -2.02. The Labute approximate surface area is 170 Å². The molecule has 1 atom stereocenters.